The Morgan fingerprint density at radius 3 is 2.24 bits per heavy atom. The summed E-state index contributed by atoms with van der Waals surface area (Å²) in [7, 11) is -1.16. The molecule has 0 bridgehead atoms. The zero-order chi connectivity index (χ0) is 13.4. The van der Waals surface area contributed by atoms with Crippen LogP contribution in [0.3, 0.4) is 0 Å². The highest BCUT2D eigenvalue weighted by Crippen LogP contribution is 2.20. The number of aromatic nitrogens is 1. The third-order valence-electron chi connectivity index (χ3n) is 2.42. The van der Waals surface area contributed by atoms with Crippen molar-refractivity contribution in [1.82, 2.24) is 3.97 Å². The zero-order valence-electron chi connectivity index (χ0n) is 11.2. The van der Waals surface area contributed by atoms with Crippen molar-refractivity contribution >= 4 is 17.0 Å². The highest BCUT2D eigenvalue weighted by Gasteiger charge is 2.22. The molecule has 1 rings (SSSR count). The van der Waals surface area contributed by atoms with Crippen molar-refractivity contribution in [2.45, 2.75) is 40.2 Å². The third-order valence-corrected chi connectivity index (χ3v) is 3.35. The molecule has 1 atom stereocenters. The smallest absolute Gasteiger partial charge is 0.340 e. The molecule has 4 nitrogen and oxygen atoms in total. The van der Waals surface area contributed by atoms with Gasteiger partial charge >= 0.3 is 5.97 Å². The van der Waals surface area contributed by atoms with Crippen molar-refractivity contribution in [2.75, 3.05) is 6.26 Å². The number of carbonyl (C=O) groups excluding carboxylic acids is 1. The van der Waals surface area contributed by atoms with E-state index in [1.54, 1.807) is 16.4 Å². The number of hydrogen-bond donors (Lipinski definition) is 0. The summed E-state index contributed by atoms with van der Waals surface area (Å²) in [5.41, 5.74) is 1.60. The molecule has 17 heavy (non-hydrogen) atoms. The van der Waals surface area contributed by atoms with E-state index in [-0.39, 0.29) is 5.97 Å². The van der Waals surface area contributed by atoms with E-state index in [4.69, 9.17) is 4.74 Å². The van der Waals surface area contributed by atoms with Gasteiger partial charge in [-0.3, -0.25) is 3.97 Å². The molecule has 0 spiro atoms. The van der Waals surface area contributed by atoms with E-state index in [9.17, 15) is 9.00 Å². The molecule has 1 heterocycles. The van der Waals surface area contributed by atoms with Crippen LogP contribution in [0.4, 0.5) is 0 Å². The Labute approximate surface area is 105 Å². The van der Waals surface area contributed by atoms with Gasteiger partial charge in [-0.2, -0.15) is 0 Å². The maximum absolute atomic E-state index is 11.9. The third kappa shape index (κ3) is 3.19. The van der Waals surface area contributed by atoms with Gasteiger partial charge in [-0.25, -0.2) is 9.00 Å². The van der Waals surface area contributed by atoms with Gasteiger partial charge in [0.2, 0.25) is 0 Å². The Balaban J connectivity index is 3.12. The SMILES string of the molecule is Cc1c(C(=O)OC(C)(C)C)cn(S(C)=O)c1C. The second kappa shape index (κ2) is 4.64. The van der Waals surface area contributed by atoms with Gasteiger partial charge in [-0.1, -0.05) is 0 Å². The molecule has 1 unspecified atom stereocenters. The van der Waals surface area contributed by atoms with Crippen LogP contribution in [0.2, 0.25) is 0 Å². The highest BCUT2D eigenvalue weighted by molar-refractivity contribution is 7.82. The van der Waals surface area contributed by atoms with E-state index < -0.39 is 16.6 Å². The Hall–Kier alpha value is -1.10. The number of rotatable bonds is 2. The van der Waals surface area contributed by atoms with Crippen molar-refractivity contribution in [3.8, 4) is 0 Å². The van der Waals surface area contributed by atoms with Crippen LogP contribution in [0.25, 0.3) is 0 Å². The molecule has 96 valence electrons. The van der Waals surface area contributed by atoms with E-state index in [0.717, 1.165) is 11.3 Å². The monoisotopic (exact) mass is 257 g/mol. The Kier molecular flexibility index (Phi) is 3.81. The molecule has 5 heteroatoms. The van der Waals surface area contributed by atoms with Gasteiger partial charge in [-0.15, -0.1) is 0 Å². The molecular formula is C12H19NO3S. The summed E-state index contributed by atoms with van der Waals surface area (Å²) in [5.74, 6) is -0.373. The zero-order valence-corrected chi connectivity index (χ0v) is 12.0. The first kappa shape index (κ1) is 14.0. The van der Waals surface area contributed by atoms with Crippen molar-refractivity contribution in [1.29, 1.82) is 0 Å². The Bertz CT molecular complexity index is 469. The molecule has 0 aliphatic carbocycles. The Morgan fingerprint density at radius 1 is 1.35 bits per heavy atom. The Morgan fingerprint density at radius 2 is 1.88 bits per heavy atom. The molecule has 1 aromatic heterocycles. The summed E-state index contributed by atoms with van der Waals surface area (Å²) >= 11 is 0. The van der Waals surface area contributed by atoms with Crippen LogP contribution in [-0.4, -0.2) is 26.0 Å². The fourth-order valence-corrected chi connectivity index (χ4v) is 2.25. The van der Waals surface area contributed by atoms with Gasteiger partial charge in [0, 0.05) is 18.1 Å². The lowest BCUT2D eigenvalue weighted by atomic mass is 10.1. The van der Waals surface area contributed by atoms with Crippen molar-refractivity contribution in [3.05, 3.63) is 23.0 Å². The van der Waals surface area contributed by atoms with Crippen LogP contribution in [0, 0.1) is 13.8 Å². The molecule has 0 radical (unpaired) electrons. The van der Waals surface area contributed by atoms with E-state index in [1.807, 2.05) is 34.6 Å². The van der Waals surface area contributed by atoms with Crippen LogP contribution in [-0.2, 0) is 15.7 Å². The van der Waals surface area contributed by atoms with Gasteiger partial charge in [0.25, 0.3) is 0 Å². The largest absolute Gasteiger partial charge is 0.456 e. The quantitative estimate of drug-likeness (QED) is 0.763. The first-order chi connectivity index (χ1) is 7.63. The van der Waals surface area contributed by atoms with Crippen LogP contribution in [0.1, 0.15) is 42.4 Å². The van der Waals surface area contributed by atoms with Crippen LogP contribution in [0.5, 0.6) is 0 Å². The lowest BCUT2D eigenvalue weighted by Crippen LogP contribution is -2.24. The minimum atomic E-state index is -1.16. The van der Waals surface area contributed by atoms with E-state index in [1.165, 1.54) is 0 Å². The van der Waals surface area contributed by atoms with Crippen molar-refractivity contribution in [3.63, 3.8) is 0 Å². The van der Waals surface area contributed by atoms with E-state index >= 15 is 0 Å². The molecule has 0 amide bonds. The lowest BCUT2D eigenvalue weighted by molar-refractivity contribution is 0.00689. The summed E-state index contributed by atoms with van der Waals surface area (Å²) in [6.45, 7) is 9.13. The van der Waals surface area contributed by atoms with E-state index in [0.29, 0.717) is 5.56 Å². The van der Waals surface area contributed by atoms with Gasteiger partial charge in [0.15, 0.2) is 0 Å². The fraction of sp³-hybridized carbons (Fsp3) is 0.583. The maximum atomic E-state index is 11.9. The topological polar surface area (TPSA) is 48.3 Å². The number of ether oxygens (including phenoxy) is 1. The minimum Gasteiger partial charge on any atom is -0.456 e. The molecule has 1 aromatic rings. The summed E-state index contributed by atoms with van der Waals surface area (Å²) in [6.07, 6.45) is 3.17. The van der Waals surface area contributed by atoms with Gasteiger partial charge < -0.3 is 4.74 Å². The van der Waals surface area contributed by atoms with Crippen molar-refractivity contribution < 1.29 is 13.7 Å². The normalized spacial score (nSPS) is 13.5. The molecule has 0 N–H and O–H groups in total. The number of nitrogens with zero attached hydrogens (tertiary/aromatic N) is 1. The van der Waals surface area contributed by atoms with Crippen LogP contribution in [0.15, 0.2) is 6.20 Å². The first-order valence-corrected chi connectivity index (χ1v) is 6.91. The van der Waals surface area contributed by atoms with Crippen LogP contribution < -0.4 is 0 Å². The number of hydrogen-bond acceptors (Lipinski definition) is 3. The van der Waals surface area contributed by atoms with Crippen molar-refractivity contribution in [2.24, 2.45) is 0 Å². The summed E-state index contributed by atoms with van der Waals surface area (Å²) in [4.78, 5) is 11.9. The summed E-state index contributed by atoms with van der Waals surface area (Å²) in [5, 5.41) is 0. The average Bonchev–Trinajstić information content (AvgIpc) is 2.41. The first-order valence-electron chi connectivity index (χ1n) is 5.39. The molecule has 0 aromatic carbocycles. The highest BCUT2D eigenvalue weighted by atomic mass is 32.2. The average molecular weight is 257 g/mol. The number of esters is 1. The van der Waals surface area contributed by atoms with Gasteiger partial charge in [0.1, 0.15) is 16.6 Å². The lowest BCUT2D eigenvalue weighted by Gasteiger charge is -2.19. The van der Waals surface area contributed by atoms with Crippen LogP contribution >= 0.6 is 0 Å². The standard InChI is InChI=1S/C12H19NO3S/c1-8-9(2)13(17(6)15)7-10(8)11(14)16-12(3,4)5/h7H,1-6H3. The van der Waals surface area contributed by atoms with Gasteiger partial charge in [-0.05, 0) is 40.2 Å². The molecular weight excluding hydrogens is 238 g/mol. The van der Waals surface area contributed by atoms with E-state index in [2.05, 4.69) is 0 Å². The molecule has 0 aliphatic heterocycles. The fourth-order valence-electron chi connectivity index (χ4n) is 1.48. The predicted octanol–water partition coefficient (Wildman–Crippen LogP) is 2.20. The summed E-state index contributed by atoms with van der Waals surface area (Å²) in [6, 6.07) is 0. The summed E-state index contributed by atoms with van der Waals surface area (Å²) < 4.78 is 18.3. The second-order valence-corrected chi connectivity index (χ2v) is 6.25. The minimum absolute atomic E-state index is 0.373. The molecule has 0 fully saturated rings. The molecule has 0 saturated heterocycles. The number of carbonyl (C=O) groups is 1. The second-order valence-electron chi connectivity index (χ2n) is 5.00. The molecule has 0 saturated carbocycles. The van der Waals surface area contributed by atoms with Gasteiger partial charge in [0.05, 0.1) is 5.56 Å². The predicted molar refractivity (Wildman–Crippen MR) is 68.5 cm³/mol. The maximum Gasteiger partial charge on any atom is 0.340 e. The molecule has 0 aliphatic rings.